The molecule has 0 aliphatic heterocycles. The van der Waals surface area contributed by atoms with Gasteiger partial charge in [0.05, 0.1) is 12.5 Å². The lowest BCUT2D eigenvalue weighted by atomic mass is 10.1. The molecule has 2 rings (SSSR count). The van der Waals surface area contributed by atoms with Gasteiger partial charge >= 0.3 is 5.97 Å². The van der Waals surface area contributed by atoms with Gasteiger partial charge in [-0.3, -0.25) is 4.79 Å². The van der Waals surface area contributed by atoms with Crippen LogP contribution in [-0.4, -0.2) is 31.3 Å². The molecule has 7 heteroatoms. The predicted molar refractivity (Wildman–Crippen MR) is 77.3 cm³/mol. The normalized spacial score (nSPS) is 12.3. The Morgan fingerprint density at radius 2 is 2.25 bits per heavy atom. The van der Waals surface area contributed by atoms with Gasteiger partial charge < -0.3 is 5.11 Å². The van der Waals surface area contributed by atoms with Gasteiger partial charge in [0.2, 0.25) is 0 Å². The van der Waals surface area contributed by atoms with Crippen LogP contribution in [0.4, 0.5) is 0 Å². The summed E-state index contributed by atoms with van der Waals surface area (Å²) >= 11 is 3.45. The van der Waals surface area contributed by atoms with Crippen molar-refractivity contribution in [3.8, 4) is 11.4 Å². The smallest absolute Gasteiger partial charge is 0.305 e. The van der Waals surface area contributed by atoms with E-state index in [-0.39, 0.29) is 12.5 Å². The van der Waals surface area contributed by atoms with E-state index in [0.29, 0.717) is 12.2 Å². The van der Waals surface area contributed by atoms with Crippen LogP contribution in [0.25, 0.3) is 11.4 Å². The van der Waals surface area contributed by atoms with Gasteiger partial charge in [0.15, 0.2) is 5.82 Å². The van der Waals surface area contributed by atoms with E-state index in [2.05, 4.69) is 31.5 Å². The fourth-order valence-electron chi connectivity index (χ4n) is 2.02. The minimum absolute atomic E-state index is 0.00402. The number of rotatable bonds is 5. The highest BCUT2D eigenvalue weighted by atomic mass is 79.9. The number of halogens is 1. The average molecular weight is 339 g/mol. The lowest BCUT2D eigenvalue weighted by Gasteiger charge is -2.14. The maximum Gasteiger partial charge on any atom is 0.305 e. The van der Waals surface area contributed by atoms with Crippen LogP contribution in [0.5, 0.6) is 0 Å². The van der Waals surface area contributed by atoms with Crippen molar-refractivity contribution < 1.29 is 9.90 Å². The van der Waals surface area contributed by atoms with Crippen molar-refractivity contribution in [2.24, 2.45) is 0 Å². The van der Waals surface area contributed by atoms with Crippen molar-refractivity contribution in [3.05, 3.63) is 28.2 Å². The molecule has 0 bridgehead atoms. The summed E-state index contributed by atoms with van der Waals surface area (Å²) in [6.07, 6.45) is 0.657. The number of hydrogen-bond acceptors (Lipinski definition) is 4. The lowest BCUT2D eigenvalue weighted by molar-refractivity contribution is -0.138. The standard InChI is InChI=1S/C13H15BrN4O2/c1-3-10(7-12(19)20)18-13(15-16-17-18)9-4-5-11(14)8(2)6-9/h4-6,10H,3,7H2,1-2H3,(H,19,20). The highest BCUT2D eigenvalue weighted by Gasteiger charge is 2.19. The van der Waals surface area contributed by atoms with Crippen LogP contribution in [0.3, 0.4) is 0 Å². The van der Waals surface area contributed by atoms with Crippen molar-refractivity contribution in [2.75, 3.05) is 0 Å². The van der Waals surface area contributed by atoms with E-state index in [9.17, 15) is 4.79 Å². The second-order valence-corrected chi connectivity index (χ2v) is 5.43. The molecule has 20 heavy (non-hydrogen) atoms. The molecule has 0 saturated carbocycles. The molecule has 0 saturated heterocycles. The number of aliphatic carboxylic acids is 1. The number of nitrogens with zero attached hydrogens (tertiary/aromatic N) is 4. The van der Waals surface area contributed by atoms with E-state index in [0.717, 1.165) is 15.6 Å². The van der Waals surface area contributed by atoms with Crippen LogP contribution >= 0.6 is 15.9 Å². The van der Waals surface area contributed by atoms with E-state index < -0.39 is 5.97 Å². The van der Waals surface area contributed by atoms with Crippen LogP contribution in [0.1, 0.15) is 31.4 Å². The summed E-state index contributed by atoms with van der Waals surface area (Å²) in [6, 6.07) is 5.57. The molecule has 106 valence electrons. The number of benzene rings is 1. The first-order valence-corrected chi connectivity index (χ1v) is 7.08. The summed E-state index contributed by atoms with van der Waals surface area (Å²) in [7, 11) is 0. The number of carboxylic acids is 1. The molecule has 1 heterocycles. The molecular weight excluding hydrogens is 324 g/mol. The Hall–Kier alpha value is -1.76. The van der Waals surface area contributed by atoms with Gasteiger partial charge in [0.25, 0.3) is 0 Å². The van der Waals surface area contributed by atoms with E-state index in [4.69, 9.17) is 5.11 Å². The Kier molecular flexibility index (Phi) is 4.49. The Labute approximate surface area is 124 Å². The van der Waals surface area contributed by atoms with Gasteiger partial charge in [-0.1, -0.05) is 22.9 Å². The van der Waals surface area contributed by atoms with Gasteiger partial charge in [-0.25, -0.2) is 4.68 Å². The maximum absolute atomic E-state index is 10.9. The number of tetrazole rings is 1. The summed E-state index contributed by atoms with van der Waals surface area (Å²) in [5.74, 6) is -0.265. The first-order valence-electron chi connectivity index (χ1n) is 6.29. The number of aryl methyl sites for hydroxylation is 1. The van der Waals surface area contributed by atoms with Crippen LogP contribution < -0.4 is 0 Å². The third-order valence-corrected chi connectivity index (χ3v) is 4.03. The molecule has 6 nitrogen and oxygen atoms in total. The molecule has 2 aromatic rings. The molecule has 1 atom stereocenters. The Bertz CT molecular complexity index is 627. The van der Waals surface area contributed by atoms with E-state index in [1.165, 1.54) is 0 Å². The fraction of sp³-hybridized carbons (Fsp3) is 0.385. The number of hydrogen-bond donors (Lipinski definition) is 1. The topological polar surface area (TPSA) is 80.9 Å². The second-order valence-electron chi connectivity index (χ2n) is 4.57. The molecule has 1 aromatic heterocycles. The van der Waals surface area contributed by atoms with Crippen molar-refractivity contribution in [2.45, 2.75) is 32.7 Å². The number of aromatic nitrogens is 4. The molecule has 0 spiro atoms. The van der Waals surface area contributed by atoms with Crippen molar-refractivity contribution >= 4 is 21.9 Å². The first-order chi connectivity index (χ1) is 9.52. The first kappa shape index (κ1) is 14.6. The molecule has 1 unspecified atom stereocenters. The molecule has 0 aliphatic carbocycles. The summed E-state index contributed by atoms with van der Waals surface area (Å²) in [5.41, 5.74) is 1.95. The van der Waals surface area contributed by atoms with Gasteiger partial charge in [-0.2, -0.15) is 0 Å². The molecular formula is C13H15BrN4O2. The summed E-state index contributed by atoms with van der Waals surface area (Å²) in [5, 5.41) is 20.6. The second kappa shape index (κ2) is 6.13. The van der Waals surface area contributed by atoms with Crippen LogP contribution in [0.2, 0.25) is 0 Å². The van der Waals surface area contributed by atoms with Gasteiger partial charge in [-0.15, -0.1) is 5.10 Å². The summed E-state index contributed by atoms with van der Waals surface area (Å²) in [4.78, 5) is 10.9. The third kappa shape index (κ3) is 3.04. The Balaban J connectivity index is 2.40. The van der Waals surface area contributed by atoms with E-state index >= 15 is 0 Å². The van der Waals surface area contributed by atoms with Crippen LogP contribution in [0, 0.1) is 6.92 Å². The molecule has 1 N–H and O–H groups in total. The molecule has 1 aromatic carbocycles. The zero-order valence-electron chi connectivity index (χ0n) is 11.2. The predicted octanol–water partition coefficient (Wildman–Crippen LogP) is 2.84. The fourth-order valence-corrected chi connectivity index (χ4v) is 2.27. The Morgan fingerprint density at radius 3 is 2.85 bits per heavy atom. The quantitative estimate of drug-likeness (QED) is 0.906. The minimum Gasteiger partial charge on any atom is -0.481 e. The molecule has 0 aliphatic rings. The van der Waals surface area contributed by atoms with Crippen molar-refractivity contribution in [1.29, 1.82) is 0 Å². The third-order valence-electron chi connectivity index (χ3n) is 3.14. The minimum atomic E-state index is -0.856. The zero-order chi connectivity index (χ0) is 14.7. The molecule has 0 radical (unpaired) electrons. The monoisotopic (exact) mass is 338 g/mol. The van der Waals surface area contributed by atoms with Gasteiger partial charge in [-0.05, 0) is 47.5 Å². The van der Waals surface area contributed by atoms with Gasteiger partial charge in [0, 0.05) is 10.0 Å². The maximum atomic E-state index is 10.9. The molecule has 0 fully saturated rings. The SMILES string of the molecule is CCC(CC(=O)O)n1nnnc1-c1ccc(Br)c(C)c1. The Morgan fingerprint density at radius 1 is 1.50 bits per heavy atom. The summed E-state index contributed by atoms with van der Waals surface area (Å²) in [6.45, 7) is 3.90. The largest absolute Gasteiger partial charge is 0.481 e. The van der Waals surface area contributed by atoms with E-state index in [1.807, 2.05) is 32.0 Å². The van der Waals surface area contributed by atoms with Crippen LogP contribution in [-0.2, 0) is 4.79 Å². The number of carbonyl (C=O) groups is 1. The van der Waals surface area contributed by atoms with Gasteiger partial charge in [0.1, 0.15) is 0 Å². The average Bonchev–Trinajstić information content (AvgIpc) is 2.88. The van der Waals surface area contributed by atoms with E-state index in [1.54, 1.807) is 4.68 Å². The highest BCUT2D eigenvalue weighted by molar-refractivity contribution is 9.10. The van der Waals surface area contributed by atoms with Crippen molar-refractivity contribution in [1.82, 2.24) is 20.2 Å². The summed E-state index contributed by atoms with van der Waals surface area (Å²) < 4.78 is 2.61. The lowest BCUT2D eigenvalue weighted by Crippen LogP contribution is -2.15. The molecule has 0 amide bonds. The highest BCUT2D eigenvalue weighted by Crippen LogP contribution is 2.26. The van der Waals surface area contributed by atoms with Crippen molar-refractivity contribution in [3.63, 3.8) is 0 Å². The number of carboxylic acid groups (broad SMARTS) is 1. The van der Waals surface area contributed by atoms with Crippen LogP contribution in [0.15, 0.2) is 22.7 Å². The zero-order valence-corrected chi connectivity index (χ0v) is 12.8.